The topological polar surface area (TPSA) is 81.1 Å². The van der Waals surface area contributed by atoms with Gasteiger partial charge in [0.2, 0.25) is 11.1 Å². The second kappa shape index (κ2) is 9.14. The normalized spacial score (nSPS) is 17.8. The molecule has 7 nitrogen and oxygen atoms in total. The molecule has 4 rings (SSSR count). The number of nitrogens with zero attached hydrogens (tertiary/aromatic N) is 3. The van der Waals surface area contributed by atoms with Crippen LogP contribution in [0.25, 0.3) is 0 Å². The highest BCUT2D eigenvalue weighted by Crippen LogP contribution is 2.39. The van der Waals surface area contributed by atoms with E-state index in [4.69, 9.17) is 16.3 Å². The first kappa shape index (κ1) is 23.2. The van der Waals surface area contributed by atoms with E-state index in [1.807, 2.05) is 19.1 Å². The first-order valence-electron chi connectivity index (χ1n) is 9.93. The molecule has 33 heavy (non-hydrogen) atoms. The smallest absolute Gasteiger partial charge is 0.417 e. The minimum atomic E-state index is -4.64. The lowest BCUT2D eigenvalue weighted by atomic mass is 10.0. The Kier molecular flexibility index (Phi) is 6.44. The van der Waals surface area contributed by atoms with Crippen LogP contribution >= 0.6 is 23.4 Å². The van der Waals surface area contributed by atoms with Crippen LogP contribution < -0.4 is 15.5 Å². The lowest BCUT2D eigenvalue weighted by Gasteiger charge is -2.32. The van der Waals surface area contributed by atoms with Crippen LogP contribution in [0.2, 0.25) is 5.02 Å². The van der Waals surface area contributed by atoms with Gasteiger partial charge in [-0.1, -0.05) is 35.5 Å². The minimum Gasteiger partial charge on any atom is -0.494 e. The highest BCUT2D eigenvalue weighted by Gasteiger charge is 2.38. The summed E-state index contributed by atoms with van der Waals surface area (Å²) in [4.78, 5) is 13.2. The van der Waals surface area contributed by atoms with E-state index in [0.29, 0.717) is 23.3 Å². The molecule has 1 amide bonds. The first-order valence-corrected chi connectivity index (χ1v) is 11.2. The molecule has 0 radical (unpaired) electrons. The van der Waals surface area contributed by atoms with Crippen LogP contribution in [0.3, 0.4) is 0 Å². The van der Waals surface area contributed by atoms with E-state index in [2.05, 4.69) is 20.9 Å². The van der Waals surface area contributed by atoms with Crippen LogP contribution in [0.15, 0.2) is 47.6 Å². The SMILES string of the molecule is CCOc1ccc([C@@H]2Nn3c(C)nnc3S[C@H]2C(=O)Nc2ccc(Cl)c(C(F)(F)F)c2)cc1. The van der Waals surface area contributed by atoms with E-state index in [0.717, 1.165) is 17.7 Å². The Labute approximate surface area is 196 Å². The van der Waals surface area contributed by atoms with Gasteiger partial charge in [-0.05, 0) is 49.7 Å². The zero-order valence-corrected chi connectivity index (χ0v) is 19.1. The summed E-state index contributed by atoms with van der Waals surface area (Å²) in [6.45, 7) is 4.17. The van der Waals surface area contributed by atoms with Crippen LogP contribution in [0.4, 0.5) is 18.9 Å². The van der Waals surface area contributed by atoms with E-state index >= 15 is 0 Å². The molecule has 1 aromatic heterocycles. The monoisotopic (exact) mass is 497 g/mol. The number of hydrogen-bond donors (Lipinski definition) is 2. The number of aryl methyl sites for hydroxylation is 1. The van der Waals surface area contributed by atoms with Crippen LogP contribution in [0.5, 0.6) is 5.75 Å². The number of alkyl halides is 3. The Morgan fingerprint density at radius 2 is 1.97 bits per heavy atom. The number of amides is 1. The molecule has 1 aliphatic rings. The van der Waals surface area contributed by atoms with Gasteiger partial charge in [0.15, 0.2) is 0 Å². The molecule has 2 N–H and O–H groups in total. The fourth-order valence-electron chi connectivity index (χ4n) is 3.38. The Morgan fingerprint density at radius 3 is 2.64 bits per heavy atom. The fraction of sp³-hybridized carbons (Fsp3) is 0.286. The predicted octanol–water partition coefficient (Wildman–Crippen LogP) is 5.06. The van der Waals surface area contributed by atoms with Crippen LogP contribution in [-0.4, -0.2) is 32.6 Å². The van der Waals surface area contributed by atoms with Crippen molar-refractivity contribution in [2.24, 2.45) is 0 Å². The molecule has 0 fully saturated rings. The summed E-state index contributed by atoms with van der Waals surface area (Å²) in [5, 5.41) is 9.96. The van der Waals surface area contributed by atoms with Gasteiger partial charge in [0.1, 0.15) is 16.8 Å². The zero-order chi connectivity index (χ0) is 23.8. The van der Waals surface area contributed by atoms with E-state index in [1.165, 1.54) is 17.8 Å². The van der Waals surface area contributed by atoms with Gasteiger partial charge in [-0.2, -0.15) is 13.2 Å². The summed E-state index contributed by atoms with van der Waals surface area (Å²) in [7, 11) is 0. The third kappa shape index (κ3) is 4.88. The molecule has 0 bridgehead atoms. The fourth-order valence-corrected chi connectivity index (χ4v) is 4.73. The van der Waals surface area contributed by atoms with Crippen molar-refractivity contribution in [1.82, 2.24) is 14.9 Å². The summed E-state index contributed by atoms with van der Waals surface area (Å²) in [6.07, 6.45) is -4.64. The molecule has 0 saturated heterocycles. The number of halogens is 4. The van der Waals surface area contributed by atoms with E-state index in [1.54, 1.807) is 23.7 Å². The lowest BCUT2D eigenvalue weighted by molar-refractivity contribution is -0.137. The summed E-state index contributed by atoms with van der Waals surface area (Å²) >= 11 is 6.86. The van der Waals surface area contributed by atoms with Gasteiger partial charge in [0.05, 0.1) is 23.2 Å². The second-order valence-corrected chi connectivity index (χ2v) is 8.71. The van der Waals surface area contributed by atoms with Gasteiger partial charge in [-0.3, -0.25) is 4.79 Å². The Bertz CT molecular complexity index is 1170. The van der Waals surface area contributed by atoms with Crippen LogP contribution in [0, 0.1) is 6.92 Å². The largest absolute Gasteiger partial charge is 0.494 e. The van der Waals surface area contributed by atoms with E-state index in [9.17, 15) is 18.0 Å². The van der Waals surface area contributed by atoms with Gasteiger partial charge in [-0.15, -0.1) is 10.2 Å². The molecule has 0 aliphatic carbocycles. The van der Waals surface area contributed by atoms with E-state index < -0.39 is 34.0 Å². The highest BCUT2D eigenvalue weighted by atomic mass is 35.5. The van der Waals surface area contributed by atoms with Crippen molar-refractivity contribution in [1.29, 1.82) is 0 Å². The Balaban J connectivity index is 1.64. The molecule has 2 atom stereocenters. The third-order valence-corrected chi connectivity index (χ3v) is 6.49. The van der Waals surface area contributed by atoms with Gasteiger partial charge in [-0.25, -0.2) is 4.68 Å². The second-order valence-electron chi connectivity index (χ2n) is 7.19. The molecular weight excluding hydrogens is 479 g/mol. The predicted molar refractivity (Wildman–Crippen MR) is 119 cm³/mol. The minimum absolute atomic E-state index is 0.00834. The van der Waals surface area contributed by atoms with Crippen LogP contribution in [0.1, 0.15) is 29.9 Å². The molecule has 2 heterocycles. The molecule has 0 spiro atoms. The summed E-state index contributed by atoms with van der Waals surface area (Å²) in [5.41, 5.74) is 3.00. The molecule has 0 saturated carbocycles. The summed E-state index contributed by atoms with van der Waals surface area (Å²) in [6, 6.07) is 10.00. The maximum absolute atomic E-state index is 13.2. The number of ether oxygens (including phenoxy) is 1. The van der Waals surface area contributed by atoms with Crippen molar-refractivity contribution in [3.63, 3.8) is 0 Å². The van der Waals surface area contributed by atoms with Gasteiger partial charge >= 0.3 is 6.18 Å². The number of fused-ring (bicyclic) bond motifs is 1. The molecule has 3 aromatic rings. The van der Waals surface area contributed by atoms with E-state index in [-0.39, 0.29) is 5.69 Å². The average molecular weight is 498 g/mol. The Morgan fingerprint density at radius 1 is 1.24 bits per heavy atom. The molecule has 12 heteroatoms. The third-order valence-electron chi connectivity index (χ3n) is 4.95. The number of rotatable bonds is 5. The highest BCUT2D eigenvalue weighted by molar-refractivity contribution is 8.00. The number of benzene rings is 2. The van der Waals surface area contributed by atoms with Crippen molar-refractivity contribution >= 4 is 35.0 Å². The maximum Gasteiger partial charge on any atom is 0.417 e. The number of hydrogen-bond acceptors (Lipinski definition) is 6. The van der Waals surface area contributed by atoms with Gasteiger partial charge in [0, 0.05) is 5.69 Å². The van der Waals surface area contributed by atoms with Crippen LogP contribution in [-0.2, 0) is 11.0 Å². The van der Waals surface area contributed by atoms with Gasteiger partial charge < -0.3 is 15.5 Å². The summed E-state index contributed by atoms with van der Waals surface area (Å²) in [5.74, 6) is 0.807. The van der Waals surface area contributed by atoms with Crippen molar-refractivity contribution in [2.75, 3.05) is 17.3 Å². The number of aromatic nitrogens is 3. The number of nitrogens with one attached hydrogen (secondary N) is 2. The molecule has 0 unspecified atom stereocenters. The number of carbonyl (C=O) groups excluding carboxylic acids is 1. The molecule has 1 aliphatic heterocycles. The van der Waals surface area contributed by atoms with Gasteiger partial charge in [0.25, 0.3) is 0 Å². The standard InChI is InChI=1S/C21H19ClF3N5O2S/c1-3-32-14-7-4-12(5-8-14)17-18(33-20-28-27-11(2)30(20)29-17)19(31)26-13-6-9-16(22)15(10-13)21(23,24)25/h4-10,17-18,29H,3H2,1-2H3,(H,26,31)/t17-,18+/m0/s1. The maximum atomic E-state index is 13.2. The first-order chi connectivity index (χ1) is 15.7. The van der Waals surface area contributed by atoms with Crippen molar-refractivity contribution in [3.8, 4) is 5.75 Å². The molecule has 174 valence electrons. The zero-order valence-electron chi connectivity index (χ0n) is 17.5. The quantitative estimate of drug-likeness (QED) is 0.513. The van der Waals surface area contributed by atoms with Crippen molar-refractivity contribution in [2.45, 2.75) is 36.5 Å². The summed E-state index contributed by atoms with van der Waals surface area (Å²) < 4.78 is 46.8. The van der Waals surface area contributed by atoms with Crippen molar-refractivity contribution < 1.29 is 22.7 Å². The molecule has 2 aromatic carbocycles. The average Bonchev–Trinajstić information content (AvgIpc) is 3.14. The number of thioether (sulfide) groups is 1. The van der Waals surface area contributed by atoms with Crippen molar-refractivity contribution in [3.05, 3.63) is 64.4 Å². The lowest BCUT2D eigenvalue weighted by Crippen LogP contribution is -2.41. The number of anilines is 1. The molecular formula is C21H19ClF3N5O2S. The Hall–Kier alpha value is -2.92. The number of carbonyl (C=O) groups is 1.